The van der Waals surface area contributed by atoms with E-state index in [9.17, 15) is 4.79 Å². The van der Waals surface area contributed by atoms with Crippen molar-refractivity contribution in [3.8, 4) is 0 Å². The fourth-order valence-corrected chi connectivity index (χ4v) is 1.17. The van der Waals surface area contributed by atoms with Crippen LogP contribution < -0.4 is 5.32 Å². The van der Waals surface area contributed by atoms with Gasteiger partial charge in [-0.1, -0.05) is 11.2 Å². The van der Waals surface area contributed by atoms with Crippen LogP contribution >= 0.6 is 0 Å². The molecule has 0 spiro atoms. The van der Waals surface area contributed by atoms with Crippen molar-refractivity contribution in [1.82, 2.24) is 10.5 Å². The van der Waals surface area contributed by atoms with Crippen molar-refractivity contribution in [2.75, 3.05) is 13.7 Å². The van der Waals surface area contributed by atoms with Gasteiger partial charge in [0.15, 0.2) is 0 Å². The predicted octanol–water partition coefficient (Wildman–Crippen LogP) is 1.19. The number of hydrogen-bond donors (Lipinski definition) is 1. The fourth-order valence-electron chi connectivity index (χ4n) is 1.17. The van der Waals surface area contributed by atoms with Crippen molar-refractivity contribution in [3.63, 3.8) is 0 Å². The normalized spacial score (nSPS) is 11.6. The Kier molecular flexibility index (Phi) is 4.72. The van der Waals surface area contributed by atoms with Gasteiger partial charge in [-0.15, -0.1) is 0 Å². The number of esters is 1. The summed E-state index contributed by atoms with van der Waals surface area (Å²) in [6.07, 6.45) is 1.78. The Hall–Kier alpha value is -1.62. The lowest BCUT2D eigenvalue weighted by atomic mass is 10.3. The molecule has 0 bridgehead atoms. The second-order valence-electron chi connectivity index (χ2n) is 3.44. The summed E-state index contributed by atoms with van der Waals surface area (Å²) in [5.74, 6) is 0.483. The van der Waals surface area contributed by atoms with Gasteiger partial charge in [-0.2, -0.15) is 0 Å². The third-order valence-corrected chi connectivity index (χ3v) is 2.04. The molecule has 0 aliphatic heterocycles. The predicted molar refractivity (Wildman–Crippen MR) is 58.7 cm³/mol. The Labute approximate surface area is 94.5 Å². The molecule has 1 aromatic rings. The van der Waals surface area contributed by atoms with Crippen LogP contribution in [-0.2, 0) is 16.1 Å². The van der Waals surface area contributed by atoms with Crippen molar-refractivity contribution in [2.45, 2.75) is 20.4 Å². The first-order chi connectivity index (χ1) is 7.63. The molecule has 0 fully saturated rings. The Morgan fingerprint density at radius 2 is 2.44 bits per heavy atom. The Morgan fingerprint density at radius 1 is 1.69 bits per heavy atom. The molecule has 1 N–H and O–H groups in total. The highest BCUT2D eigenvalue weighted by Gasteiger charge is 2.02. The molecule has 0 aliphatic carbocycles. The molecule has 0 saturated heterocycles. The SMILES string of the molecule is COC(=O)/C(C)=C/CNCc1cc(C)on1. The minimum Gasteiger partial charge on any atom is -0.466 e. The summed E-state index contributed by atoms with van der Waals surface area (Å²) in [6.45, 7) is 4.76. The monoisotopic (exact) mass is 224 g/mol. The Morgan fingerprint density at radius 3 is 3.00 bits per heavy atom. The summed E-state index contributed by atoms with van der Waals surface area (Å²) in [5.41, 5.74) is 1.44. The molecule has 0 unspecified atom stereocenters. The average Bonchev–Trinajstić information content (AvgIpc) is 2.69. The lowest BCUT2D eigenvalue weighted by Crippen LogP contribution is -2.14. The van der Waals surface area contributed by atoms with Crippen LogP contribution in [0.4, 0.5) is 0 Å². The first-order valence-corrected chi connectivity index (χ1v) is 5.01. The number of hydrogen-bond acceptors (Lipinski definition) is 5. The van der Waals surface area contributed by atoms with E-state index in [1.54, 1.807) is 13.0 Å². The molecule has 16 heavy (non-hydrogen) atoms. The highest BCUT2D eigenvalue weighted by Crippen LogP contribution is 2.00. The van der Waals surface area contributed by atoms with Gasteiger partial charge in [-0.25, -0.2) is 4.79 Å². The summed E-state index contributed by atoms with van der Waals surface area (Å²) >= 11 is 0. The van der Waals surface area contributed by atoms with E-state index in [2.05, 4.69) is 15.2 Å². The molecule has 5 nitrogen and oxygen atoms in total. The van der Waals surface area contributed by atoms with Crippen LogP contribution in [0.15, 0.2) is 22.2 Å². The van der Waals surface area contributed by atoms with Gasteiger partial charge in [0.1, 0.15) is 5.76 Å². The molecular weight excluding hydrogens is 208 g/mol. The molecule has 1 rings (SSSR count). The van der Waals surface area contributed by atoms with E-state index < -0.39 is 0 Å². The Balaban J connectivity index is 2.28. The lowest BCUT2D eigenvalue weighted by molar-refractivity contribution is -0.136. The standard InChI is InChI=1S/C11H16N2O3/c1-8(11(14)15-3)4-5-12-7-10-6-9(2)16-13-10/h4,6,12H,5,7H2,1-3H3/b8-4+. The van der Waals surface area contributed by atoms with Gasteiger partial charge < -0.3 is 14.6 Å². The molecule has 0 atom stereocenters. The molecule has 0 radical (unpaired) electrons. The number of ether oxygens (including phenoxy) is 1. The molecule has 0 aromatic carbocycles. The van der Waals surface area contributed by atoms with Crippen LogP contribution in [0.2, 0.25) is 0 Å². The third-order valence-electron chi connectivity index (χ3n) is 2.04. The molecule has 1 heterocycles. The van der Waals surface area contributed by atoms with Gasteiger partial charge in [-0.05, 0) is 13.8 Å². The fraction of sp³-hybridized carbons (Fsp3) is 0.455. The van der Waals surface area contributed by atoms with Gasteiger partial charge in [-0.3, -0.25) is 0 Å². The quantitative estimate of drug-likeness (QED) is 0.462. The van der Waals surface area contributed by atoms with Crippen LogP contribution in [0.3, 0.4) is 0 Å². The molecule has 88 valence electrons. The van der Waals surface area contributed by atoms with E-state index in [1.807, 2.05) is 13.0 Å². The van der Waals surface area contributed by atoms with Gasteiger partial charge >= 0.3 is 5.97 Å². The van der Waals surface area contributed by atoms with Gasteiger partial charge in [0.05, 0.1) is 12.8 Å². The van der Waals surface area contributed by atoms with E-state index in [4.69, 9.17) is 4.52 Å². The number of methoxy groups -OCH3 is 1. The second kappa shape index (κ2) is 6.07. The maximum Gasteiger partial charge on any atom is 0.333 e. The summed E-state index contributed by atoms with van der Waals surface area (Å²) in [5, 5.41) is 6.95. The minimum atomic E-state index is -0.306. The maximum atomic E-state index is 11.0. The van der Waals surface area contributed by atoms with Crippen LogP contribution in [0.1, 0.15) is 18.4 Å². The zero-order valence-electron chi connectivity index (χ0n) is 9.74. The molecule has 0 amide bonds. The molecule has 5 heteroatoms. The summed E-state index contributed by atoms with van der Waals surface area (Å²) in [6, 6.07) is 1.86. The van der Waals surface area contributed by atoms with Crippen LogP contribution in [-0.4, -0.2) is 24.8 Å². The molecule has 0 aliphatic rings. The van der Waals surface area contributed by atoms with E-state index in [1.165, 1.54) is 7.11 Å². The first kappa shape index (κ1) is 12.4. The van der Waals surface area contributed by atoms with Crippen molar-refractivity contribution in [1.29, 1.82) is 0 Å². The second-order valence-corrected chi connectivity index (χ2v) is 3.44. The molecule has 0 saturated carbocycles. The third kappa shape index (κ3) is 3.86. The minimum absolute atomic E-state index is 0.306. The molecular formula is C11H16N2O3. The van der Waals surface area contributed by atoms with Crippen LogP contribution in [0.25, 0.3) is 0 Å². The van der Waals surface area contributed by atoms with E-state index in [0.29, 0.717) is 18.7 Å². The van der Waals surface area contributed by atoms with E-state index in [-0.39, 0.29) is 5.97 Å². The van der Waals surface area contributed by atoms with Gasteiger partial charge in [0, 0.05) is 24.7 Å². The number of nitrogens with zero attached hydrogens (tertiary/aromatic N) is 1. The zero-order valence-corrected chi connectivity index (χ0v) is 9.74. The number of aromatic nitrogens is 1. The highest BCUT2D eigenvalue weighted by atomic mass is 16.5. The van der Waals surface area contributed by atoms with E-state index in [0.717, 1.165) is 11.5 Å². The number of rotatable bonds is 5. The van der Waals surface area contributed by atoms with Crippen molar-refractivity contribution in [2.24, 2.45) is 0 Å². The highest BCUT2D eigenvalue weighted by molar-refractivity contribution is 5.87. The zero-order chi connectivity index (χ0) is 12.0. The van der Waals surface area contributed by atoms with Gasteiger partial charge in [0.25, 0.3) is 0 Å². The smallest absolute Gasteiger partial charge is 0.333 e. The lowest BCUT2D eigenvalue weighted by Gasteiger charge is -2.00. The average molecular weight is 224 g/mol. The topological polar surface area (TPSA) is 64.4 Å². The largest absolute Gasteiger partial charge is 0.466 e. The number of aryl methyl sites for hydroxylation is 1. The Bertz CT molecular complexity index is 382. The maximum absolute atomic E-state index is 11.0. The van der Waals surface area contributed by atoms with Gasteiger partial charge in [0.2, 0.25) is 0 Å². The number of nitrogens with one attached hydrogen (secondary N) is 1. The summed E-state index contributed by atoms with van der Waals surface area (Å²) < 4.78 is 9.49. The van der Waals surface area contributed by atoms with Crippen LogP contribution in [0.5, 0.6) is 0 Å². The van der Waals surface area contributed by atoms with Crippen molar-refractivity contribution >= 4 is 5.97 Å². The first-order valence-electron chi connectivity index (χ1n) is 5.01. The number of carbonyl (C=O) groups excluding carboxylic acids is 1. The van der Waals surface area contributed by atoms with Crippen molar-refractivity contribution < 1.29 is 14.1 Å². The number of carbonyl (C=O) groups is 1. The van der Waals surface area contributed by atoms with E-state index >= 15 is 0 Å². The van der Waals surface area contributed by atoms with Crippen LogP contribution in [0, 0.1) is 6.92 Å². The summed E-state index contributed by atoms with van der Waals surface area (Å²) in [7, 11) is 1.37. The molecule has 1 aromatic heterocycles. The summed E-state index contributed by atoms with van der Waals surface area (Å²) in [4.78, 5) is 11.0. The van der Waals surface area contributed by atoms with Crippen molar-refractivity contribution in [3.05, 3.63) is 29.2 Å².